The van der Waals surface area contributed by atoms with Gasteiger partial charge in [0, 0.05) is 10.9 Å². The van der Waals surface area contributed by atoms with Crippen molar-refractivity contribution in [3.8, 4) is 17.2 Å². The summed E-state index contributed by atoms with van der Waals surface area (Å²) in [7, 11) is 0. The van der Waals surface area contributed by atoms with Gasteiger partial charge in [0.1, 0.15) is 5.82 Å². The van der Waals surface area contributed by atoms with Crippen LogP contribution in [0.2, 0.25) is 0 Å². The predicted molar refractivity (Wildman–Crippen MR) is 98.9 cm³/mol. The maximum absolute atomic E-state index is 14.2. The lowest BCUT2D eigenvalue weighted by molar-refractivity contribution is 0.100. The zero-order valence-electron chi connectivity index (χ0n) is 14.0. The molecule has 0 spiro atoms. The van der Waals surface area contributed by atoms with Crippen LogP contribution in [-0.4, -0.2) is 11.9 Å². The zero-order valence-corrected chi connectivity index (χ0v) is 14.0. The highest BCUT2D eigenvalue weighted by atomic mass is 19.1. The molecule has 0 bridgehead atoms. The molecule has 26 heavy (non-hydrogen) atoms. The zero-order chi connectivity index (χ0) is 18.8. The second kappa shape index (κ2) is 6.65. The van der Waals surface area contributed by atoms with Crippen LogP contribution < -0.4 is 11.5 Å². The van der Waals surface area contributed by atoms with E-state index in [1.165, 1.54) is 18.2 Å². The lowest BCUT2D eigenvalue weighted by atomic mass is 9.93. The summed E-state index contributed by atoms with van der Waals surface area (Å²) < 4.78 is 14.2. The van der Waals surface area contributed by atoms with E-state index >= 15 is 0 Å². The lowest BCUT2D eigenvalue weighted by Crippen LogP contribution is -2.24. The number of carbonyl (C=O) groups excluding carboxylic acids is 1. The van der Waals surface area contributed by atoms with Crippen LogP contribution in [0, 0.1) is 24.1 Å². The molecular weight excluding hydrogens is 331 g/mol. The summed E-state index contributed by atoms with van der Waals surface area (Å²) in [6.45, 7) is 1.87. The van der Waals surface area contributed by atoms with Gasteiger partial charge in [-0.05, 0) is 59.3 Å². The third-order valence-electron chi connectivity index (χ3n) is 4.09. The summed E-state index contributed by atoms with van der Waals surface area (Å²) in [4.78, 5) is 15.6. The molecule has 3 aromatic rings. The van der Waals surface area contributed by atoms with Gasteiger partial charge >= 0.3 is 0 Å². The average molecular weight is 346 g/mol. The fourth-order valence-corrected chi connectivity index (χ4v) is 2.90. The summed E-state index contributed by atoms with van der Waals surface area (Å²) in [6.07, 6.45) is 0. The Morgan fingerprint density at radius 2 is 1.77 bits per heavy atom. The molecule has 3 rings (SSSR count). The van der Waals surface area contributed by atoms with E-state index in [2.05, 4.69) is 11.1 Å². The van der Waals surface area contributed by atoms with Gasteiger partial charge in [0.15, 0.2) is 5.96 Å². The van der Waals surface area contributed by atoms with Crippen molar-refractivity contribution in [1.29, 1.82) is 5.26 Å². The van der Waals surface area contributed by atoms with Crippen LogP contribution >= 0.6 is 0 Å². The van der Waals surface area contributed by atoms with E-state index in [9.17, 15) is 9.18 Å². The molecule has 0 aliphatic heterocycles. The van der Waals surface area contributed by atoms with E-state index in [4.69, 9.17) is 16.7 Å². The van der Waals surface area contributed by atoms with Crippen molar-refractivity contribution in [2.45, 2.75) is 6.92 Å². The van der Waals surface area contributed by atoms with Crippen molar-refractivity contribution in [1.82, 2.24) is 0 Å². The number of hydrogen-bond acceptors (Lipinski definition) is 2. The van der Waals surface area contributed by atoms with Crippen LogP contribution in [0.5, 0.6) is 0 Å². The van der Waals surface area contributed by atoms with E-state index in [0.29, 0.717) is 16.3 Å². The highest BCUT2D eigenvalue weighted by Gasteiger charge is 2.13. The van der Waals surface area contributed by atoms with Gasteiger partial charge in [0.05, 0.1) is 11.6 Å². The van der Waals surface area contributed by atoms with E-state index in [1.807, 2.05) is 13.0 Å². The highest BCUT2D eigenvalue weighted by Crippen LogP contribution is 2.33. The largest absolute Gasteiger partial charge is 0.370 e. The van der Waals surface area contributed by atoms with Gasteiger partial charge in [0.25, 0.3) is 5.91 Å². The number of aryl methyl sites for hydroxylation is 1. The molecule has 0 aromatic heterocycles. The Morgan fingerprint density at radius 3 is 2.42 bits per heavy atom. The number of guanidine groups is 1. The first-order valence-electron chi connectivity index (χ1n) is 7.78. The number of aliphatic imine (C=N–C) groups is 1. The third kappa shape index (κ3) is 3.10. The van der Waals surface area contributed by atoms with Crippen molar-refractivity contribution in [2.24, 2.45) is 16.5 Å². The van der Waals surface area contributed by atoms with Crippen molar-refractivity contribution in [2.75, 3.05) is 0 Å². The van der Waals surface area contributed by atoms with Gasteiger partial charge in [-0.15, -0.1) is 0 Å². The molecule has 128 valence electrons. The molecule has 0 unspecified atom stereocenters. The maximum atomic E-state index is 14.2. The number of halogens is 1. The Morgan fingerprint density at radius 1 is 1.04 bits per heavy atom. The Balaban J connectivity index is 2.26. The van der Waals surface area contributed by atoms with Crippen LogP contribution in [0.25, 0.3) is 21.9 Å². The number of nitrogens with zero attached hydrogens (tertiary/aromatic N) is 2. The van der Waals surface area contributed by atoms with Crippen molar-refractivity contribution < 1.29 is 9.18 Å². The number of amides is 1. The summed E-state index contributed by atoms with van der Waals surface area (Å²) >= 11 is 0. The number of nitriles is 1. The minimum atomic E-state index is -0.598. The molecule has 0 heterocycles. The summed E-state index contributed by atoms with van der Waals surface area (Å²) in [5, 5.41) is 9.98. The SMILES string of the molecule is Cc1cc(C#N)ccc1-c1ccc(F)c2ccc(C(=O)N=C(N)N)cc12. The predicted octanol–water partition coefficient (Wildman–Crippen LogP) is 3.24. The maximum Gasteiger partial charge on any atom is 0.280 e. The molecule has 0 aliphatic rings. The first kappa shape index (κ1) is 17.1. The van der Waals surface area contributed by atoms with Crippen LogP contribution in [0.3, 0.4) is 0 Å². The molecule has 5 nitrogen and oxygen atoms in total. The Kier molecular flexibility index (Phi) is 4.38. The molecular formula is C20H15FN4O. The molecule has 0 saturated carbocycles. The fourth-order valence-electron chi connectivity index (χ4n) is 2.90. The third-order valence-corrected chi connectivity index (χ3v) is 4.09. The highest BCUT2D eigenvalue weighted by molar-refractivity contribution is 6.06. The first-order valence-corrected chi connectivity index (χ1v) is 7.78. The van der Waals surface area contributed by atoms with Crippen LogP contribution in [0.15, 0.2) is 53.5 Å². The normalized spacial score (nSPS) is 10.3. The number of fused-ring (bicyclic) bond motifs is 1. The van der Waals surface area contributed by atoms with Gasteiger partial charge in [-0.25, -0.2) is 4.39 Å². The topological polar surface area (TPSA) is 105 Å². The van der Waals surface area contributed by atoms with Crippen LogP contribution in [-0.2, 0) is 0 Å². The van der Waals surface area contributed by atoms with E-state index in [1.54, 1.807) is 24.3 Å². The molecule has 4 N–H and O–H groups in total. The number of rotatable bonds is 2. The molecule has 1 amide bonds. The quantitative estimate of drug-likeness (QED) is 0.549. The van der Waals surface area contributed by atoms with Crippen LogP contribution in [0.1, 0.15) is 21.5 Å². The van der Waals surface area contributed by atoms with Crippen LogP contribution in [0.4, 0.5) is 4.39 Å². The standard InChI is InChI=1S/C20H15FN4O/c1-11-8-12(10-22)2-4-14(11)15-6-7-18(21)16-5-3-13(9-17(15)16)19(26)25-20(23)24/h2-9H,1H3,(H4,23,24,25,26). The van der Waals surface area contributed by atoms with Crippen molar-refractivity contribution >= 4 is 22.6 Å². The Labute approximate surface area is 149 Å². The number of nitrogens with two attached hydrogens (primary N) is 2. The van der Waals surface area contributed by atoms with E-state index in [0.717, 1.165) is 16.7 Å². The fraction of sp³-hybridized carbons (Fsp3) is 0.0500. The minimum Gasteiger partial charge on any atom is -0.370 e. The van der Waals surface area contributed by atoms with Crippen molar-refractivity contribution in [3.05, 3.63) is 71.0 Å². The van der Waals surface area contributed by atoms with Crippen molar-refractivity contribution in [3.63, 3.8) is 0 Å². The number of benzene rings is 3. The monoisotopic (exact) mass is 346 g/mol. The molecule has 0 fully saturated rings. The van der Waals surface area contributed by atoms with Gasteiger partial charge < -0.3 is 11.5 Å². The first-order chi connectivity index (χ1) is 12.4. The smallest absolute Gasteiger partial charge is 0.280 e. The van der Waals surface area contributed by atoms with E-state index in [-0.39, 0.29) is 11.5 Å². The molecule has 6 heteroatoms. The number of carbonyl (C=O) groups is 1. The minimum absolute atomic E-state index is 0.254. The summed E-state index contributed by atoms with van der Waals surface area (Å²) in [6, 6.07) is 15.0. The lowest BCUT2D eigenvalue weighted by Gasteiger charge is -2.12. The van der Waals surface area contributed by atoms with Gasteiger partial charge in [-0.2, -0.15) is 10.3 Å². The molecule has 0 saturated heterocycles. The Hall–Kier alpha value is -3.72. The van der Waals surface area contributed by atoms with Gasteiger partial charge in [0.2, 0.25) is 0 Å². The summed E-state index contributed by atoms with van der Waals surface area (Å²) in [5.74, 6) is -1.33. The van der Waals surface area contributed by atoms with Gasteiger partial charge in [-0.1, -0.05) is 18.2 Å². The average Bonchev–Trinajstić information content (AvgIpc) is 2.61. The second-order valence-electron chi connectivity index (χ2n) is 5.84. The summed E-state index contributed by atoms with van der Waals surface area (Å²) in [5.41, 5.74) is 13.8. The van der Waals surface area contributed by atoms with Gasteiger partial charge in [-0.3, -0.25) is 4.79 Å². The number of hydrogen-bond donors (Lipinski definition) is 2. The Bertz CT molecular complexity index is 1110. The molecule has 0 aliphatic carbocycles. The molecule has 3 aromatic carbocycles. The van der Waals surface area contributed by atoms with E-state index < -0.39 is 11.7 Å². The second-order valence-corrected chi connectivity index (χ2v) is 5.84. The molecule has 0 radical (unpaired) electrons. The molecule has 0 atom stereocenters.